The van der Waals surface area contributed by atoms with Gasteiger partial charge < -0.3 is 19.5 Å². The fraction of sp³-hybridized carbons (Fsp3) is 0.500. The zero-order valence-electron chi connectivity index (χ0n) is 16.4. The van der Waals surface area contributed by atoms with Crippen LogP contribution in [0.2, 0.25) is 0 Å². The van der Waals surface area contributed by atoms with Crippen molar-refractivity contribution in [1.82, 2.24) is 19.8 Å². The van der Waals surface area contributed by atoms with Gasteiger partial charge in [0.15, 0.2) is 0 Å². The van der Waals surface area contributed by atoms with Gasteiger partial charge in [0.05, 0.1) is 19.7 Å². The molecule has 0 unspecified atom stereocenters. The second-order valence-corrected chi connectivity index (χ2v) is 6.80. The number of urea groups is 1. The number of aryl methyl sites for hydroxylation is 1. The van der Waals surface area contributed by atoms with Gasteiger partial charge in [0.25, 0.3) is 0 Å². The first kappa shape index (κ1) is 19.8. The number of nitrogens with one attached hydrogen (secondary N) is 1. The van der Waals surface area contributed by atoms with Gasteiger partial charge >= 0.3 is 6.03 Å². The number of amides is 2. The van der Waals surface area contributed by atoms with Crippen LogP contribution in [0.1, 0.15) is 44.6 Å². The molecule has 0 saturated carbocycles. The number of hydrogen-bond donors (Lipinski definition) is 1. The predicted molar refractivity (Wildman–Crippen MR) is 103 cm³/mol. The molecule has 0 aliphatic rings. The maximum absolute atomic E-state index is 13.0. The van der Waals surface area contributed by atoms with Crippen LogP contribution >= 0.6 is 0 Å². The highest BCUT2D eigenvalue weighted by molar-refractivity contribution is 5.74. The lowest BCUT2D eigenvalue weighted by molar-refractivity contribution is 0.185. The molecule has 0 aliphatic heterocycles. The first-order valence-electron chi connectivity index (χ1n) is 9.12. The van der Waals surface area contributed by atoms with E-state index in [2.05, 4.69) is 31.1 Å². The van der Waals surface area contributed by atoms with Crippen LogP contribution in [-0.2, 0) is 13.6 Å². The van der Waals surface area contributed by atoms with Gasteiger partial charge in [-0.1, -0.05) is 39.0 Å². The van der Waals surface area contributed by atoms with Crippen molar-refractivity contribution in [2.45, 2.75) is 39.8 Å². The molecule has 2 aromatic rings. The van der Waals surface area contributed by atoms with Crippen molar-refractivity contribution in [3.63, 3.8) is 0 Å². The maximum atomic E-state index is 13.0. The monoisotopic (exact) mass is 358 g/mol. The Bertz CT molecular complexity index is 711. The molecule has 1 aromatic heterocycles. The molecule has 1 atom stereocenters. The molecule has 0 saturated heterocycles. The van der Waals surface area contributed by atoms with E-state index < -0.39 is 0 Å². The summed E-state index contributed by atoms with van der Waals surface area (Å²) in [5, 5.41) is 3.17. The highest BCUT2D eigenvalue weighted by Crippen LogP contribution is 2.22. The van der Waals surface area contributed by atoms with Crippen LogP contribution in [0.15, 0.2) is 36.7 Å². The summed E-state index contributed by atoms with van der Waals surface area (Å²) in [6, 6.07) is 7.59. The number of imidazole rings is 1. The minimum atomic E-state index is -0.139. The van der Waals surface area contributed by atoms with Crippen molar-refractivity contribution in [2.24, 2.45) is 13.0 Å². The lowest BCUT2D eigenvalue weighted by Crippen LogP contribution is -2.43. The Morgan fingerprint density at radius 3 is 2.65 bits per heavy atom. The Balaban J connectivity index is 2.18. The Kier molecular flexibility index (Phi) is 7.06. The van der Waals surface area contributed by atoms with Crippen LogP contribution in [0.5, 0.6) is 5.75 Å². The number of aromatic nitrogens is 2. The molecule has 2 amide bonds. The number of carbonyl (C=O) groups excluding carboxylic acids is 1. The SMILES string of the molecule is CCCN(Cc1ccccc1OC)C(=O)N[C@@H](c1nccn1C)C(C)C. The van der Waals surface area contributed by atoms with E-state index in [9.17, 15) is 4.79 Å². The van der Waals surface area contributed by atoms with Crippen molar-refractivity contribution in [1.29, 1.82) is 0 Å². The lowest BCUT2D eigenvalue weighted by Gasteiger charge is -2.28. The average molecular weight is 358 g/mol. The zero-order chi connectivity index (χ0) is 19.1. The van der Waals surface area contributed by atoms with Crippen LogP contribution in [0, 0.1) is 5.92 Å². The number of para-hydroxylation sites is 1. The number of carbonyl (C=O) groups is 1. The average Bonchev–Trinajstić information content (AvgIpc) is 3.04. The van der Waals surface area contributed by atoms with E-state index >= 15 is 0 Å². The van der Waals surface area contributed by atoms with Gasteiger partial charge in [-0.25, -0.2) is 9.78 Å². The summed E-state index contributed by atoms with van der Waals surface area (Å²) in [6.45, 7) is 7.43. The Hall–Kier alpha value is -2.50. The molecule has 0 radical (unpaired) electrons. The molecule has 26 heavy (non-hydrogen) atoms. The molecule has 142 valence electrons. The molecule has 1 N–H and O–H groups in total. The van der Waals surface area contributed by atoms with Crippen LogP contribution in [0.3, 0.4) is 0 Å². The fourth-order valence-electron chi connectivity index (χ4n) is 2.99. The minimum Gasteiger partial charge on any atom is -0.496 e. The normalized spacial score (nSPS) is 12.1. The molecule has 1 aromatic carbocycles. The minimum absolute atomic E-state index is 0.0838. The third kappa shape index (κ3) is 4.77. The van der Waals surface area contributed by atoms with Crippen LogP contribution in [0.25, 0.3) is 0 Å². The van der Waals surface area contributed by atoms with Crippen molar-refractivity contribution in [3.05, 3.63) is 48.0 Å². The van der Waals surface area contributed by atoms with Crippen molar-refractivity contribution in [3.8, 4) is 5.75 Å². The van der Waals surface area contributed by atoms with E-state index in [0.29, 0.717) is 13.1 Å². The molecule has 0 bridgehead atoms. The molecule has 0 fully saturated rings. The van der Waals surface area contributed by atoms with E-state index in [0.717, 1.165) is 23.6 Å². The van der Waals surface area contributed by atoms with E-state index in [1.165, 1.54) is 0 Å². The maximum Gasteiger partial charge on any atom is 0.318 e. The molecule has 0 aliphatic carbocycles. The Morgan fingerprint density at radius 1 is 1.35 bits per heavy atom. The Labute approximate surface area is 156 Å². The number of ether oxygens (including phenoxy) is 1. The summed E-state index contributed by atoms with van der Waals surface area (Å²) in [4.78, 5) is 19.2. The standard InChI is InChI=1S/C20H30N4O2/c1-6-12-24(14-16-9-7-8-10-17(16)26-5)20(25)22-18(15(2)3)19-21-11-13-23(19)4/h7-11,13,15,18H,6,12,14H2,1-5H3,(H,22,25)/t18-/m1/s1. The predicted octanol–water partition coefficient (Wildman–Crippen LogP) is 3.75. The summed E-state index contributed by atoms with van der Waals surface area (Å²) < 4.78 is 7.38. The quantitative estimate of drug-likeness (QED) is 0.782. The van der Waals surface area contributed by atoms with Crippen LogP contribution in [-0.4, -0.2) is 34.1 Å². The number of hydrogen-bond acceptors (Lipinski definition) is 3. The van der Waals surface area contributed by atoms with Gasteiger partial charge in [0.1, 0.15) is 11.6 Å². The summed E-state index contributed by atoms with van der Waals surface area (Å²) in [6.07, 6.45) is 4.54. The molecule has 6 heteroatoms. The third-order valence-corrected chi connectivity index (χ3v) is 4.42. The highest BCUT2D eigenvalue weighted by atomic mass is 16.5. The van der Waals surface area contributed by atoms with Crippen LogP contribution < -0.4 is 10.1 Å². The fourth-order valence-corrected chi connectivity index (χ4v) is 2.99. The first-order valence-corrected chi connectivity index (χ1v) is 9.12. The summed E-state index contributed by atoms with van der Waals surface area (Å²) in [7, 11) is 3.60. The number of methoxy groups -OCH3 is 1. The first-order chi connectivity index (χ1) is 12.5. The van der Waals surface area contributed by atoms with Crippen molar-refractivity contribution in [2.75, 3.05) is 13.7 Å². The second-order valence-electron chi connectivity index (χ2n) is 6.80. The van der Waals surface area contributed by atoms with E-state index in [-0.39, 0.29) is 18.0 Å². The number of nitrogens with zero attached hydrogens (tertiary/aromatic N) is 3. The second kappa shape index (κ2) is 9.27. The lowest BCUT2D eigenvalue weighted by atomic mass is 10.0. The van der Waals surface area contributed by atoms with Gasteiger partial charge in [-0.15, -0.1) is 0 Å². The van der Waals surface area contributed by atoms with Gasteiger partial charge in [0, 0.05) is 31.5 Å². The molecule has 6 nitrogen and oxygen atoms in total. The Morgan fingerprint density at radius 2 is 2.08 bits per heavy atom. The topological polar surface area (TPSA) is 59.4 Å². The van der Waals surface area contributed by atoms with Crippen molar-refractivity contribution >= 4 is 6.03 Å². The molecule has 1 heterocycles. The summed E-state index contributed by atoms with van der Waals surface area (Å²) in [5.41, 5.74) is 0.997. The van der Waals surface area contributed by atoms with Gasteiger partial charge in [0.2, 0.25) is 0 Å². The van der Waals surface area contributed by atoms with E-state index in [1.54, 1.807) is 13.3 Å². The zero-order valence-corrected chi connectivity index (χ0v) is 16.4. The molecule has 2 rings (SSSR count). The smallest absolute Gasteiger partial charge is 0.318 e. The highest BCUT2D eigenvalue weighted by Gasteiger charge is 2.25. The van der Waals surface area contributed by atoms with Gasteiger partial charge in [-0.2, -0.15) is 0 Å². The molecular formula is C20H30N4O2. The number of rotatable bonds is 8. The molecule has 0 spiro atoms. The largest absolute Gasteiger partial charge is 0.496 e. The number of benzene rings is 1. The van der Waals surface area contributed by atoms with E-state index in [4.69, 9.17) is 4.74 Å². The van der Waals surface area contributed by atoms with Crippen LogP contribution in [0.4, 0.5) is 4.79 Å². The van der Waals surface area contributed by atoms with Crippen molar-refractivity contribution < 1.29 is 9.53 Å². The summed E-state index contributed by atoms with van der Waals surface area (Å²) in [5.74, 6) is 1.89. The third-order valence-electron chi connectivity index (χ3n) is 4.42. The van der Waals surface area contributed by atoms with Gasteiger partial charge in [-0.05, 0) is 18.4 Å². The van der Waals surface area contributed by atoms with Gasteiger partial charge in [-0.3, -0.25) is 0 Å². The molecular weight excluding hydrogens is 328 g/mol. The summed E-state index contributed by atoms with van der Waals surface area (Å²) >= 11 is 0. The van der Waals surface area contributed by atoms with E-state index in [1.807, 2.05) is 47.0 Å².